The third-order valence-electron chi connectivity index (χ3n) is 3.49. The molecule has 1 atom stereocenters. The Morgan fingerprint density at radius 2 is 1.86 bits per heavy atom. The molecule has 0 aliphatic carbocycles. The minimum Gasteiger partial charge on any atom is -0.469 e. The molecule has 2 aromatic carbocycles. The van der Waals surface area contributed by atoms with Gasteiger partial charge in [-0.1, -0.05) is 42.5 Å². The van der Waals surface area contributed by atoms with Crippen molar-refractivity contribution in [1.29, 1.82) is 0 Å². The summed E-state index contributed by atoms with van der Waals surface area (Å²) in [5.41, 5.74) is 6.76. The van der Waals surface area contributed by atoms with Crippen molar-refractivity contribution < 1.29 is 14.3 Å². The van der Waals surface area contributed by atoms with Crippen LogP contribution in [0.1, 0.15) is 18.4 Å². The van der Waals surface area contributed by atoms with E-state index in [2.05, 4.69) is 4.74 Å². The van der Waals surface area contributed by atoms with Crippen LogP contribution >= 0.6 is 0 Å². The van der Waals surface area contributed by atoms with E-state index in [1.54, 1.807) is 0 Å². The minimum atomic E-state index is -0.629. The normalized spacial score (nSPS) is 12.1. The molecule has 0 aliphatic rings. The summed E-state index contributed by atoms with van der Waals surface area (Å²) >= 11 is 0. The Kier molecular flexibility index (Phi) is 5.06. The smallest absolute Gasteiger partial charge is 0.305 e. The molecule has 0 radical (unpaired) electrons. The van der Waals surface area contributed by atoms with Gasteiger partial charge in [0.05, 0.1) is 13.2 Å². The predicted molar refractivity (Wildman–Crippen MR) is 81.9 cm³/mol. The highest BCUT2D eigenvalue weighted by Crippen LogP contribution is 2.16. The minimum absolute atomic E-state index is 0.0609. The Balaban J connectivity index is 1.98. The van der Waals surface area contributed by atoms with Crippen LogP contribution in [0.3, 0.4) is 0 Å². The molecule has 2 N–H and O–H groups in total. The van der Waals surface area contributed by atoms with Gasteiger partial charge in [0.25, 0.3) is 0 Å². The van der Waals surface area contributed by atoms with Gasteiger partial charge in [0.1, 0.15) is 0 Å². The van der Waals surface area contributed by atoms with Crippen molar-refractivity contribution in [1.82, 2.24) is 0 Å². The largest absolute Gasteiger partial charge is 0.469 e. The van der Waals surface area contributed by atoms with Gasteiger partial charge in [-0.3, -0.25) is 9.59 Å². The maximum atomic E-state index is 12.1. The Morgan fingerprint density at radius 1 is 1.14 bits per heavy atom. The van der Waals surface area contributed by atoms with Crippen LogP contribution in [-0.4, -0.2) is 24.9 Å². The lowest BCUT2D eigenvalue weighted by atomic mass is 9.99. The molecule has 0 spiro atoms. The maximum Gasteiger partial charge on any atom is 0.305 e. The Bertz CT molecular complexity index is 651. The van der Waals surface area contributed by atoms with Crippen molar-refractivity contribution in [3.05, 3.63) is 48.0 Å². The number of carbonyl (C=O) groups is 2. The number of hydrogen-bond acceptors (Lipinski definition) is 4. The third kappa shape index (κ3) is 4.13. The number of benzene rings is 2. The third-order valence-corrected chi connectivity index (χ3v) is 3.49. The lowest BCUT2D eigenvalue weighted by Gasteiger charge is -2.10. The highest BCUT2D eigenvalue weighted by Gasteiger charge is 2.15. The fourth-order valence-corrected chi connectivity index (χ4v) is 2.22. The number of nitrogens with two attached hydrogens (primary N) is 1. The van der Waals surface area contributed by atoms with Gasteiger partial charge in [-0.2, -0.15) is 0 Å². The number of rotatable bonds is 6. The first-order valence-corrected chi connectivity index (χ1v) is 6.93. The number of methoxy groups -OCH3 is 1. The molecule has 4 nitrogen and oxygen atoms in total. The molecule has 0 heterocycles. The van der Waals surface area contributed by atoms with E-state index in [-0.39, 0.29) is 24.6 Å². The number of esters is 1. The summed E-state index contributed by atoms with van der Waals surface area (Å²) in [5, 5.41) is 2.25. The lowest BCUT2D eigenvalue weighted by Crippen LogP contribution is -2.32. The number of ketones is 1. The predicted octanol–water partition coefficient (Wildman–Crippen LogP) is 2.23. The van der Waals surface area contributed by atoms with Crippen LogP contribution < -0.4 is 5.73 Å². The van der Waals surface area contributed by atoms with Gasteiger partial charge in [0.15, 0.2) is 5.78 Å². The van der Waals surface area contributed by atoms with Crippen LogP contribution in [-0.2, 0) is 20.7 Å². The molecule has 0 aromatic heterocycles. The van der Waals surface area contributed by atoms with E-state index in [9.17, 15) is 9.59 Å². The van der Waals surface area contributed by atoms with E-state index < -0.39 is 6.04 Å². The van der Waals surface area contributed by atoms with Gasteiger partial charge in [0.2, 0.25) is 0 Å². The number of fused-ring (bicyclic) bond motifs is 1. The van der Waals surface area contributed by atoms with E-state index in [0.29, 0.717) is 6.42 Å². The molecular weight excluding hydrogens is 266 g/mol. The van der Waals surface area contributed by atoms with E-state index in [0.717, 1.165) is 16.3 Å². The summed E-state index contributed by atoms with van der Waals surface area (Å²) in [6.45, 7) is 0. The molecular formula is C17H19NO3. The fourth-order valence-electron chi connectivity index (χ4n) is 2.22. The zero-order chi connectivity index (χ0) is 15.2. The zero-order valence-electron chi connectivity index (χ0n) is 12.0. The van der Waals surface area contributed by atoms with Crippen molar-refractivity contribution in [3.8, 4) is 0 Å². The van der Waals surface area contributed by atoms with E-state index >= 15 is 0 Å². The SMILES string of the molecule is COC(=O)CCC(N)C(=O)Cc1ccc2ccccc2c1. The first kappa shape index (κ1) is 15.2. The molecule has 0 bridgehead atoms. The first-order valence-electron chi connectivity index (χ1n) is 6.93. The molecule has 21 heavy (non-hydrogen) atoms. The molecule has 0 saturated heterocycles. The number of ether oxygens (including phenoxy) is 1. The summed E-state index contributed by atoms with van der Waals surface area (Å²) in [4.78, 5) is 23.1. The molecule has 0 saturated carbocycles. The molecule has 1 unspecified atom stereocenters. The van der Waals surface area contributed by atoms with E-state index in [1.165, 1.54) is 7.11 Å². The first-order chi connectivity index (χ1) is 10.1. The van der Waals surface area contributed by atoms with Gasteiger partial charge in [-0.15, -0.1) is 0 Å². The van der Waals surface area contributed by atoms with Crippen molar-refractivity contribution in [2.75, 3.05) is 7.11 Å². The number of hydrogen-bond donors (Lipinski definition) is 1. The van der Waals surface area contributed by atoms with E-state index in [4.69, 9.17) is 5.73 Å². The Hall–Kier alpha value is -2.20. The zero-order valence-corrected chi connectivity index (χ0v) is 12.0. The summed E-state index contributed by atoms with van der Waals surface area (Å²) in [7, 11) is 1.32. The highest BCUT2D eigenvalue weighted by molar-refractivity contribution is 5.88. The van der Waals surface area contributed by atoms with Crippen molar-refractivity contribution >= 4 is 22.5 Å². The summed E-state index contributed by atoms with van der Waals surface area (Å²) in [6.07, 6.45) is 0.771. The van der Waals surface area contributed by atoms with Crippen molar-refractivity contribution in [2.45, 2.75) is 25.3 Å². The van der Waals surface area contributed by atoms with Gasteiger partial charge >= 0.3 is 5.97 Å². The molecule has 2 rings (SSSR count). The Morgan fingerprint density at radius 3 is 2.57 bits per heavy atom. The second-order valence-electron chi connectivity index (χ2n) is 5.05. The van der Waals surface area contributed by atoms with Crippen molar-refractivity contribution in [3.63, 3.8) is 0 Å². The fraction of sp³-hybridized carbons (Fsp3) is 0.294. The molecule has 0 fully saturated rings. The van der Waals surface area contributed by atoms with E-state index in [1.807, 2.05) is 42.5 Å². The van der Waals surface area contributed by atoms with Crippen molar-refractivity contribution in [2.24, 2.45) is 5.73 Å². The van der Waals surface area contributed by atoms with Gasteiger partial charge in [-0.05, 0) is 22.8 Å². The topological polar surface area (TPSA) is 69.4 Å². The van der Waals surface area contributed by atoms with Crippen LogP contribution in [0.25, 0.3) is 10.8 Å². The van der Waals surface area contributed by atoms with Crippen LogP contribution in [0.5, 0.6) is 0 Å². The van der Waals surface area contributed by atoms with Crippen LogP contribution in [0.2, 0.25) is 0 Å². The summed E-state index contributed by atoms with van der Waals surface area (Å²) in [5.74, 6) is -0.405. The highest BCUT2D eigenvalue weighted by atomic mass is 16.5. The molecule has 0 amide bonds. The number of Topliss-reactive ketones (excluding diaryl/α,β-unsaturated/α-hetero) is 1. The summed E-state index contributed by atoms with van der Waals surface area (Å²) in [6, 6.07) is 13.3. The average Bonchev–Trinajstić information content (AvgIpc) is 2.51. The van der Waals surface area contributed by atoms with Crippen LogP contribution in [0.4, 0.5) is 0 Å². The van der Waals surface area contributed by atoms with Gasteiger partial charge < -0.3 is 10.5 Å². The lowest BCUT2D eigenvalue weighted by molar-refractivity contribution is -0.140. The van der Waals surface area contributed by atoms with Crippen LogP contribution in [0.15, 0.2) is 42.5 Å². The number of carbonyl (C=O) groups excluding carboxylic acids is 2. The maximum absolute atomic E-state index is 12.1. The molecule has 110 valence electrons. The van der Waals surface area contributed by atoms with Gasteiger partial charge in [0, 0.05) is 12.8 Å². The monoisotopic (exact) mass is 285 g/mol. The standard InChI is InChI=1S/C17H19NO3/c1-21-17(20)9-8-15(18)16(19)11-12-6-7-13-4-2-3-5-14(13)10-12/h2-7,10,15H,8-9,11,18H2,1H3. The van der Waals surface area contributed by atoms with Gasteiger partial charge in [-0.25, -0.2) is 0 Å². The molecule has 0 aliphatic heterocycles. The Labute approximate surface area is 123 Å². The second-order valence-corrected chi connectivity index (χ2v) is 5.05. The average molecular weight is 285 g/mol. The molecule has 2 aromatic rings. The molecule has 4 heteroatoms. The van der Waals surface area contributed by atoms with Crippen LogP contribution in [0, 0.1) is 0 Å². The quantitative estimate of drug-likeness (QED) is 0.826. The summed E-state index contributed by atoms with van der Waals surface area (Å²) < 4.78 is 4.54. The second kappa shape index (κ2) is 6.99.